The van der Waals surface area contributed by atoms with Gasteiger partial charge in [0, 0.05) is 99.0 Å². The number of imide groups is 1. The molecule has 23 nitrogen and oxygen atoms in total. The Bertz CT molecular complexity index is 4070. The molecule has 3 aromatic heterocycles. The Hall–Kier alpha value is -8.28. The maximum Gasteiger partial charge on any atom is 0.410 e. The number of ketones is 2. The molecule has 4 saturated carbocycles. The van der Waals surface area contributed by atoms with E-state index in [1.807, 2.05) is 72.8 Å². The van der Waals surface area contributed by atoms with Gasteiger partial charge in [0.15, 0.2) is 16.6 Å². The van der Waals surface area contributed by atoms with Crippen LogP contribution in [-0.4, -0.2) is 142 Å². The van der Waals surface area contributed by atoms with E-state index in [4.69, 9.17) is 19.6 Å². The summed E-state index contributed by atoms with van der Waals surface area (Å²) >= 11 is 1.41. The lowest BCUT2D eigenvalue weighted by Crippen LogP contribution is -2.64. The summed E-state index contributed by atoms with van der Waals surface area (Å²) in [6.45, 7) is 13.9. The molecule has 5 heterocycles. The van der Waals surface area contributed by atoms with Gasteiger partial charge >= 0.3 is 19.7 Å². The predicted octanol–water partition coefficient (Wildman–Crippen LogP) is 11.1. The van der Waals surface area contributed by atoms with Crippen LogP contribution >= 0.6 is 18.9 Å². The van der Waals surface area contributed by atoms with Gasteiger partial charge < -0.3 is 39.5 Å². The van der Waals surface area contributed by atoms with Gasteiger partial charge in [-0.2, -0.15) is 5.10 Å². The van der Waals surface area contributed by atoms with Crippen molar-refractivity contribution in [3.05, 3.63) is 136 Å². The third kappa shape index (κ3) is 16.7. The number of aromatic carboxylic acids is 1. The number of carboxylic acids is 1. The summed E-state index contributed by atoms with van der Waals surface area (Å²) < 4.78 is 27.8. The second-order valence-corrected chi connectivity index (χ2v) is 31.8. The summed E-state index contributed by atoms with van der Waals surface area (Å²) in [6.07, 6.45) is 11.1. The van der Waals surface area contributed by atoms with Crippen LogP contribution in [0.1, 0.15) is 160 Å². The summed E-state index contributed by atoms with van der Waals surface area (Å²) in [7, 11) is -4.38. The number of Topliss-reactive ketones (excluding diaryl/α,β-unsaturated/α-hetero) is 2. The number of fused-ring (bicyclic) bond motifs is 2. The normalized spacial score (nSPS) is 21.6. The maximum atomic E-state index is 13.9. The molecule has 5 amide bonds. The molecule has 0 spiro atoms. The highest BCUT2D eigenvalue weighted by Crippen LogP contribution is 2.72. The summed E-state index contributed by atoms with van der Waals surface area (Å²) in [4.78, 5) is 138. The van der Waals surface area contributed by atoms with Crippen LogP contribution in [0.4, 0.5) is 15.7 Å². The van der Waals surface area contributed by atoms with E-state index in [1.54, 1.807) is 49.5 Å². The minimum absolute atomic E-state index is 0.00993. The van der Waals surface area contributed by atoms with Crippen molar-refractivity contribution in [2.24, 2.45) is 28.1 Å². The number of para-hydroxylation sites is 1. The third-order valence-electron chi connectivity index (χ3n) is 20.3. The molecule has 2 unspecified atom stereocenters. The zero-order valence-electron chi connectivity index (χ0n) is 56.6. The first-order chi connectivity index (χ1) is 46.6. The van der Waals surface area contributed by atoms with Gasteiger partial charge in [0.25, 0.3) is 17.7 Å². The molecule has 4 bridgehead atoms. The Balaban J connectivity index is 0.685. The molecule has 3 aromatic carbocycles. The number of unbranched alkanes of at least 4 members (excludes halogenated alkanes) is 2. The van der Waals surface area contributed by atoms with Gasteiger partial charge in [-0.3, -0.25) is 48.2 Å². The second kappa shape index (κ2) is 29.3. The number of pyridine rings is 1. The van der Waals surface area contributed by atoms with E-state index in [0.29, 0.717) is 84.1 Å². The number of carbonyl (C=O) groups is 8. The Labute approximate surface area is 574 Å². The molecule has 12 rings (SSSR count). The predicted molar refractivity (Wildman–Crippen MR) is 369 cm³/mol. The number of hydrogen-bond donors (Lipinski definition) is 5. The number of aromatic nitrogens is 4. The first kappa shape index (κ1) is 71.0. The molecule has 6 aromatic rings. The van der Waals surface area contributed by atoms with E-state index in [2.05, 4.69) is 29.5 Å². The number of rotatable bonds is 31. The topological polar surface area (TPSA) is 310 Å². The molecule has 5 N–H and O–H groups in total. The van der Waals surface area contributed by atoms with Crippen LogP contribution in [0, 0.1) is 35.0 Å². The third-order valence-corrected chi connectivity index (χ3v) is 22.2. The van der Waals surface area contributed by atoms with Crippen molar-refractivity contribution >= 4 is 87.4 Å². The van der Waals surface area contributed by atoms with Crippen LogP contribution in [0.2, 0.25) is 0 Å². The molecule has 25 heteroatoms. The van der Waals surface area contributed by atoms with E-state index < -0.39 is 43.4 Å². The number of amides is 5. The Morgan fingerprint density at radius 2 is 1.53 bits per heavy atom. The summed E-state index contributed by atoms with van der Waals surface area (Å²) in [5.41, 5.74) is 5.43. The molecule has 6 aliphatic rings. The number of nitrogens with one attached hydrogen (secondary N) is 2. The number of thiazole rings is 1. The van der Waals surface area contributed by atoms with Crippen LogP contribution < -0.4 is 15.5 Å². The van der Waals surface area contributed by atoms with E-state index >= 15 is 0 Å². The SMILES string of the molecule is Cc1c(-c2ccc(N3CCc4cccc(C(=O)Nc5nc6ccccc6s5)c4C3)nc2C(=O)O)cnn1CC12CC3(C)CC(C)(C1)CC(OCCN(CCCP(=O)(O)O)C(=O)OCc1ccc(CC(=O)[C@H](C)NC(=O)[C@@H](CC(=O)CCCCCN4C(=O)C=CC4=O)C(C)C)cc1)(C3)C2. The van der Waals surface area contributed by atoms with Crippen LogP contribution in [0.3, 0.4) is 0 Å². The average Bonchev–Trinajstić information content (AvgIpc) is 0.801. The first-order valence-corrected chi connectivity index (χ1v) is 36.5. The molecular formula is C73H88N9O14PS. The smallest absolute Gasteiger partial charge is 0.410 e. The highest BCUT2D eigenvalue weighted by atomic mass is 32.1. The van der Waals surface area contributed by atoms with Crippen molar-refractivity contribution in [1.29, 1.82) is 0 Å². The van der Waals surface area contributed by atoms with Gasteiger partial charge in [-0.25, -0.2) is 19.6 Å². The lowest BCUT2D eigenvalue weighted by atomic mass is 9.39. The summed E-state index contributed by atoms with van der Waals surface area (Å²) in [6, 6.07) is 23.2. The minimum Gasteiger partial charge on any atom is -0.476 e. The molecule has 0 saturated heterocycles. The number of nitrogens with zero attached hydrogens (tertiary/aromatic N) is 7. The summed E-state index contributed by atoms with van der Waals surface area (Å²) in [5, 5.41) is 22.0. The first-order valence-electron chi connectivity index (χ1n) is 33.9. The number of benzene rings is 3. The quantitative estimate of drug-likeness (QED) is 0.0153. The lowest BCUT2D eigenvalue weighted by Gasteiger charge is -2.69. The van der Waals surface area contributed by atoms with Crippen molar-refractivity contribution in [3.63, 3.8) is 0 Å². The molecule has 0 radical (unpaired) electrons. The number of hydrogen-bond acceptors (Lipinski definition) is 16. The Morgan fingerprint density at radius 1 is 0.806 bits per heavy atom. The molecule has 4 atom stereocenters. The van der Waals surface area contributed by atoms with Gasteiger partial charge in [0.2, 0.25) is 5.91 Å². The van der Waals surface area contributed by atoms with Gasteiger partial charge in [0.1, 0.15) is 18.2 Å². The van der Waals surface area contributed by atoms with E-state index in [9.17, 15) is 57.8 Å². The van der Waals surface area contributed by atoms with Crippen molar-refractivity contribution in [2.75, 3.05) is 49.2 Å². The molecule has 4 aliphatic carbocycles. The van der Waals surface area contributed by atoms with Crippen LogP contribution in [0.15, 0.2) is 97.2 Å². The molecule has 98 heavy (non-hydrogen) atoms. The molecule has 4 fully saturated rings. The Morgan fingerprint density at radius 3 is 2.23 bits per heavy atom. The zero-order valence-corrected chi connectivity index (χ0v) is 58.3. The van der Waals surface area contributed by atoms with E-state index in [-0.39, 0.29) is 122 Å². The van der Waals surface area contributed by atoms with E-state index in [0.717, 1.165) is 65.6 Å². The number of carboxylic acid groups (broad SMARTS) is 1. The van der Waals surface area contributed by atoms with E-state index in [1.165, 1.54) is 33.3 Å². The molecule has 520 valence electrons. The average molecular weight is 1380 g/mol. The zero-order chi connectivity index (χ0) is 69.9. The standard InChI is InChI=1S/C73H88N9O14PS/c1-46(2)55(35-52(83)15-8-7-11-29-81-62(85)25-26-63(81)86)66(88)75-47(3)59(84)34-49-19-21-50(22-20-49)38-95-69(91)79(28-13-33-97(92,93)94)31-32-96-73-42-70(5)39-71(6,43-73)41-72(40-70,44-73)45-82-48(4)56(36-74-82)53-23-24-61(77-64(53)67(89)90)80-30-27-51-14-12-16-54(57(51)37-80)65(87)78-68-76-58-17-9-10-18-60(58)98-68/h9-10,12,14,16-26,36,46-47,55H,7-8,11,13,15,27-35,37-45H2,1-6H3,(H,75,88)(H,89,90)(H,76,78,87)(H2,92,93,94)/t47-,55-,70?,71?,72?,73?/m0/s1. The van der Waals surface area contributed by atoms with Gasteiger partial charge in [-0.1, -0.05) is 94.0 Å². The van der Waals surface area contributed by atoms with Gasteiger partial charge in [-0.05, 0) is 153 Å². The van der Waals surface area contributed by atoms with Crippen molar-refractivity contribution in [1.82, 2.24) is 34.9 Å². The fourth-order valence-electron chi connectivity index (χ4n) is 16.7. The minimum atomic E-state index is -4.38. The second-order valence-electron chi connectivity index (χ2n) is 29.0. The largest absolute Gasteiger partial charge is 0.476 e. The fraction of sp³-hybridized carbons (Fsp3) is 0.493. The summed E-state index contributed by atoms with van der Waals surface area (Å²) in [5.74, 6) is -3.14. The van der Waals surface area contributed by atoms with Crippen molar-refractivity contribution < 1.29 is 67.3 Å². The highest BCUT2D eigenvalue weighted by Gasteiger charge is 2.66. The lowest BCUT2D eigenvalue weighted by molar-refractivity contribution is -0.248. The fourth-order valence-corrected chi connectivity index (χ4v) is 18.1. The van der Waals surface area contributed by atoms with Crippen molar-refractivity contribution in [2.45, 2.75) is 163 Å². The van der Waals surface area contributed by atoms with Crippen molar-refractivity contribution in [3.8, 4) is 11.1 Å². The number of anilines is 2. The monoisotopic (exact) mass is 1380 g/mol. The van der Waals surface area contributed by atoms with Gasteiger partial charge in [-0.15, -0.1) is 0 Å². The molecular weight excluding hydrogens is 1290 g/mol. The van der Waals surface area contributed by atoms with Crippen LogP contribution in [0.5, 0.6) is 0 Å². The molecule has 2 aliphatic heterocycles. The van der Waals surface area contributed by atoms with Crippen LogP contribution in [0.25, 0.3) is 21.3 Å². The Kier molecular flexibility index (Phi) is 21.2. The maximum absolute atomic E-state index is 13.9. The highest BCUT2D eigenvalue weighted by molar-refractivity contribution is 7.51. The van der Waals surface area contributed by atoms with Crippen LogP contribution in [-0.2, 0) is 70.5 Å². The number of carbonyl (C=O) groups excluding carboxylic acids is 7. The number of ether oxygens (including phenoxy) is 2. The van der Waals surface area contributed by atoms with Gasteiger partial charge in [0.05, 0.1) is 40.8 Å².